The van der Waals surface area contributed by atoms with Crippen molar-refractivity contribution in [3.63, 3.8) is 0 Å². The van der Waals surface area contributed by atoms with E-state index in [1.54, 1.807) is 11.3 Å². The predicted octanol–water partition coefficient (Wildman–Crippen LogP) is 4.03. The minimum absolute atomic E-state index is 0.157. The molecule has 0 radical (unpaired) electrons. The van der Waals surface area contributed by atoms with Crippen molar-refractivity contribution in [1.29, 1.82) is 0 Å². The quantitative estimate of drug-likeness (QED) is 0.492. The summed E-state index contributed by atoms with van der Waals surface area (Å²) in [5, 5.41) is 26.3. The van der Waals surface area contributed by atoms with Gasteiger partial charge >= 0.3 is 0 Å². The summed E-state index contributed by atoms with van der Waals surface area (Å²) in [6, 6.07) is 16.8. The van der Waals surface area contributed by atoms with Crippen molar-refractivity contribution in [3.05, 3.63) is 53.4 Å². The molecular weight excluding hydrogens is 434 g/mol. The van der Waals surface area contributed by atoms with Gasteiger partial charge in [0.25, 0.3) is 0 Å². The number of rotatable bonds is 4. The van der Waals surface area contributed by atoms with Crippen molar-refractivity contribution >= 4 is 43.8 Å². The molecule has 0 unspecified atom stereocenters. The molecule has 0 saturated carbocycles. The Morgan fingerprint density at radius 3 is 2.76 bits per heavy atom. The molecule has 2 aromatic carbocycles. The van der Waals surface area contributed by atoms with Gasteiger partial charge in [0.2, 0.25) is 0 Å². The Balaban J connectivity index is 1.25. The summed E-state index contributed by atoms with van der Waals surface area (Å²) >= 11 is 1.69. The molecule has 2 aliphatic heterocycles. The average Bonchev–Trinajstić information content (AvgIpc) is 3.32. The highest BCUT2D eigenvalue weighted by molar-refractivity contribution is 7.19. The molecule has 8 heteroatoms. The number of fused-ring (bicyclic) bond motifs is 2. The van der Waals surface area contributed by atoms with E-state index in [1.807, 2.05) is 6.07 Å². The fourth-order valence-corrected chi connectivity index (χ4v) is 6.20. The summed E-state index contributed by atoms with van der Waals surface area (Å²) in [4.78, 5) is 5.64. The van der Waals surface area contributed by atoms with Gasteiger partial charge in [0.15, 0.2) is 5.82 Å². The minimum Gasteiger partial charge on any atom is -0.387 e. The third-order valence-electron chi connectivity index (χ3n) is 6.83. The normalized spacial score (nSPS) is 20.5. The number of aromatic nitrogens is 3. The smallest absolute Gasteiger partial charge is 0.162 e. The largest absolute Gasteiger partial charge is 0.387 e. The van der Waals surface area contributed by atoms with Crippen LogP contribution >= 0.6 is 11.3 Å². The average molecular weight is 462 g/mol. The van der Waals surface area contributed by atoms with Gasteiger partial charge in [0.1, 0.15) is 5.52 Å². The lowest BCUT2D eigenvalue weighted by atomic mass is 9.91. The van der Waals surface area contributed by atoms with Crippen LogP contribution in [0, 0.1) is 5.92 Å². The molecule has 2 aliphatic rings. The third-order valence-corrected chi connectivity index (χ3v) is 8.02. The third kappa shape index (κ3) is 4.03. The number of piperidine rings is 1. The topological polar surface area (TPSA) is 74.6 Å². The maximum atomic E-state index is 11.2. The number of anilines is 2. The first kappa shape index (κ1) is 20.8. The number of benzene rings is 2. The second-order valence-electron chi connectivity index (χ2n) is 8.89. The Morgan fingerprint density at radius 2 is 1.88 bits per heavy atom. The van der Waals surface area contributed by atoms with E-state index in [0.29, 0.717) is 0 Å². The van der Waals surface area contributed by atoms with E-state index in [1.165, 1.54) is 10.1 Å². The number of nitrogens with zero attached hydrogens (tertiary/aromatic N) is 5. The van der Waals surface area contributed by atoms with E-state index in [2.05, 4.69) is 67.7 Å². The number of hydrogen-bond donors (Lipinski definition) is 1. The maximum Gasteiger partial charge on any atom is 0.162 e. The zero-order chi connectivity index (χ0) is 22.2. The SMILES string of the molecule is O[C@H](c1cc2ccccc2s1)[C@H]1CCCN(c2nnnc3cc(N4CCOCC4)ccc23)C1. The summed E-state index contributed by atoms with van der Waals surface area (Å²) < 4.78 is 6.70. The summed E-state index contributed by atoms with van der Waals surface area (Å²) in [7, 11) is 0. The molecule has 170 valence electrons. The lowest BCUT2D eigenvalue weighted by Gasteiger charge is -2.35. The van der Waals surface area contributed by atoms with Gasteiger partial charge in [-0.05, 0) is 53.8 Å². The molecule has 0 amide bonds. The number of aliphatic hydroxyl groups is 1. The van der Waals surface area contributed by atoms with Crippen LogP contribution in [-0.4, -0.2) is 59.9 Å². The standard InChI is InChI=1S/C25H27N5O2S/c31-24(23-14-17-4-1-2-6-22(17)33-23)18-5-3-9-30(16-18)25-20-8-7-19(15-21(20)26-28-27-25)29-10-12-32-13-11-29/h1-2,4,6-8,14-15,18,24,31H,3,5,9-13,16H2/t18-,24-/m0/s1. The second kappa shape index (κ2) is 8.85. The molecule has 2 saturated heterocycles. The fraction of sp³-hybridized carbons (Fsp3) is 0.400. The summed E-state index contributed by atoms with van der Waals surface area (Å²) in [6.07, 6.45) is 1.55. The molecule has 33 heavy (non-hydrogen) atoms. The minimum atomic E-state index is -0.473. The highest BCUT2D eigenvalue weighted by atomic mass is 32.1. The number of hydrogen-bond acceptors (Lipinski definition) is 8. The molecular formula is C25H27N5O2S. The monoisotopic (exact) mass is 461 g/mol. The molecule has 6 rings (SSSR count). The van der Waals surface area contributed by atoms with Crippen molar-refractivity contribution < 1.29 is 9.84 Å². The molecule has 0 aliphatic carbocycles. The van der Waals surface area contributed by atoms with E-state index in [9.17, 15) is 5.11 Å². The van der Waals surface area contributed by atoms with Crippen molar-refractivity contribution in [2.45, 2.75) is 18.9 Å². The highest BCUT2D eigenvalue weighted by Gasteiger charge is 2.30. The van der Waals surface area contributed by atoms with Gasteiger partial charge in [-0.2, -0.15) is 0 Å². The molecule has 2 atom stereocenters. The molecule has 2 fully saturated rings. The van der Waals surface area contributed by atoms with Gasteiger partial charge in [-0.1, -0.05) is 18.2 Å². The Hall–Kier alpha value is -2.81. The first-order chi connectivity index (χ1) is 16.3. The van der Waals surface area contributed by atoms with Crippen LogP contribution in [0.25, 0.3) is 21.0 Å². The van der Waals surface area contributed by atoms with Gasteiger partial charge in [0.05, 0.1) is 19.3 Å². The molecule has 0 spiro atoms. The van der Waals surface area contributed by atoms with Crippen LogP contribution in [0.1, 0.15) is 23.8 Å². The zero-order valence-corrected chi connectivity index (χ0v) is 19.2. The molecule has 1 N–H and O–H groups in total. The molecule has 0 bridgehead atoms. The Kier molecular flexibility index (Phi) is 5.57. The summed E-state index contributed by atoms with van der Waals surface area (Å²) in [6.45, 7) is 4.95. The van der Waals surface area contributed by atoms with Crippen molar-refractivity contribution in [1.82, 2.24) is 15.4 Å². The van der Waals surface area contributed by atoms with Crippen LogP contribution in [0.5, 0.6) is 0 Å². The van der Waals surface area contributed by atoms with Crippen LogP contribution in [0.4, 0.5) is 11.5 Å². The van der Waals surface area contributed by atoms with Crippen molar-refractivity contribution in [2.24, 2.45) is 5.92 Å². The Bertz CT molecular complexity index is 1240. The van der Waals surface area contributed by atoms with Crippen molar-refractivity contribution in [2.75, 3.05) is 49.2 Å². The van der Waals surface area contributed by atoms with Crippen LogP contribution < -0.4 is 9.80 Å². The van der Waals surface area contributed by atoms with Gasteiger partial charge in [-0.25, -0.2) is 0 Å². The van der Waals surface area contributed by atoms with E-state index >= 15 is 0 Å². The fourth-order valence-electron chi connectivity index (χ4n) is 5.05. The highest BCUT2D eigenvalue weighted by Crippen LogP contribution is 2.38. The van der Waals surface area contributed by atoms with Gasteiger partial charge in [-0.15, -0.1) is 21.5 Å². The second-order valence-corrected chi connectivity index (χ2v) is 10.0. The Morgan fingerprint density at radius 1 is 1.00 bits per heavy atom. The van der Waals surface area contributed by atoms with Crippen LogP contribution in [-0.2, 0) is 4.74 Å². The Labute approximate surface area is 196 Å². The van der Waals surface area contributed by atoms with Crippen molar-refractivity contribution in [3.8, 4) is 0 Å². The van der Waals surface area contributed by atoms with Gasteiger partial charge < -0.3 is 19.6 Å². The van der Waals surface area contributed by atoms with Crippen LogP contribution in [0.3, 0.4) is 0 Å². The lowest BCUT2D eigenvalue weighted by Crippen LogP contribution is -2.38. The molecule has 4 heterocycles. The van der Waals surface area contributed by atoms with Crippen LogP contribution in [0.2, 0.25) is 0 Å². The van der Waals surface area contributed by atoms with Crippen LogP contribution in [0.15, 0.2) is 48.5 Å². The first-order valence-corrected chi connectivity index (χ1v) is 12.5. The van der Waals surface area contributed by atoms with E-state index < -0.39 is 6.10 Å². The molecule has 2 aromatic heterocycles. The predicted molar refractivity (Wildman–Crippen MR) is 132 cm³/mol. The lowest BCUT2D eigenvalue weighted by molar-refractivity contribution is 0.101. The first-order valence-electron chi connectivity index (χ1n) is 11.6. The van der Waals surface area contributed by atoms with Gasteiger partial charge in [-0.3, -0.25) is 0 Å². The number of thiophene rings is 1. The molecule has 7 nitrogen and oxygen atoms in total. The number of aliphatic hydroxyl groups excluding tert-OH is 1. The number of ether oxygens (including phenoxy) is 1. The van der Waals surface area contributed by atoms with E-state index in [0.717, 1.165) is 79.5 Å². The zero-order valence-electron chi connectivity index (χ0n) is 18.4. The summed E-state index contributed by atoms with van der Waals surface area (Å²) in [5.41, 5.74) is 2.00. The molecule has 4 aromatic rings. The maximum absolute atomic E-state index is 11.2. The van der Waals surface area contributed by atoms with E-state index in [4.69, 9.17) is 4.74 Å². The number of morpholine rings is 1. The van der Waals surface area contributed by atoms with E-state index in [-0.39, 0.29) is 5.92 Å². The van der Waals surface area contributed by atoms with Gasteiger partial charge in [0, 0.05) is 52.7 Å². The summed E-state index contributed by atoms with van der Waals surface area (Å²) in [5.74, 6) is 1.02.